The van der Waals surface area contributed by atoms with E-state index in [1.807, 2.05) is 6.08 Å². The molecule has 26 heavy (non-hydrogen) atoms. The van der Waals surface area contributed by atoms with Crippen molar-refractivity contribution in [3.63, 3.8) is 0 Å². The molecule has 138 valence electrons. The fourth-order valence-corrected chi connectivity index (χ4v) is 4.25. The first-order chi connectivity index (χ1) is 12.6. The number of ether oxygens (including phenoxy) is 3. The lowest BCUT2D eigenvalue weighted by atomic mass is 9.82. The zero-order valence-electron chi connectivity index (χ0n) is 15.5. The van der Waals surface area contributed by atoms with E-state index in [0.29, 0.717) is 18.2 Å². The Balaban J connectivity index is 1.74. The molecule has 0 radical (unpaired) electrons. The number of hydrogen-bond donors (Lipinski definition) is 1. The average Bonchev–Trinajstić information content (AvgIpc) is 2.83. The summed E-state index contributed by atoms with van der Waals surface area (Å²) >= 11 is 0. The number of piperidine rings is 1. The summed E-state index contributed by atoms with van der Waals surface area (Å²) in [6.45, 7) is 1.74. The molecule has 1 saturated heterocycles. The van der Waals surface area contributed by atoms with E-state index in [1.54, 1.807) is 21.3 Å². The molecule has 0 bridgehead atoms. The Morgan fingerprint density at radius 3 is 2.54 bits per heavy atom. The molecule has 3 aliphatic rings. The second-order valence-corrected chi connectivity index (χ2v) is 6.98. The maximum absolute atomic E-state index is 10.6. The van der Waals surface area contributed by atoms with E-state index in [9.17, 15) is 5.11 Å². The molecule has 5 nitrogen and oxygen atoms in total. The molecule has 1 atom stereocenters. The lowest BCUT2D eigenvalue weighted by Crippen LogP contribution is -2.40. The van der Waals surface area contributed by atoms with Crippen molar-refractivity contribution in [2.45, 2.75) is 25.3 Å². The minimum absolute atomic E-state index is 0.291. The lowest BCUT2D eigenvalue weighted by Gasteiger charge is -2.42. The number of allylic oxidation sites excluding steroid dienone is 2. The first kappa shape index (κ1) is 17.0. The number of fused-ring (bicyclic) bond motifs is 4. The molecular weight excluding hydrogens is 330 g/mol. The largest absolute Gasteiger partial charge is 0.511 e. The third-order valence-corrected chi connectivity index (χ3v) is 5.70. The highest BCUT2D eigenvalue weighted by molar-refractivity contribution is 5.52. The second-order valence-electron chi connectivity index (χ2n) is 6.98. The molecule has 1 fully saturated rings. The van der Waals surface area contributed by atoms with Crippen LogP contribution in [0.25, 0.3) is 0 Å². The topological polar surface area (TPSA) is 51.2 Å². The van der Waals surface area contributed by atoms with Gasteiger partial charge in [0.1, 0.15) is 11.5 Å². The van der Waals surface area contributed by atoms with Gasteiger partial charge in [0, 0.05) is 24.7 Å². The number of benzene rings is 1. The second kappa shape index (κ2) is 6.72. The van der Waals surface area contributed by atoms with Gasteiger partial charge in [-0.05, 0) is 47.8 Å². The van der Waals surface area contributed by atoms with Crippen molar-refractivity contribution in [3.05, 3.63) is 58.1 Å². The van der Waals surface area contributed by atoms with Gasteiger partial charge in [0.15, 0.2) is 11.5 Å². The number of rotatable bonds is 3. The monoisotopic (exact) mass is 355 g/mol. The van der Waals surface area contributed by atoms with E-state index in [4.69, 9.17) is 14.2 Å². The molecule has 1 unspecified atom stereocenters. The lowest BCUT2D eigenvalue weighted by molar-refractivity contribution is 0.180. The molecule has 2 heterocycles. The van der Waals surface area contributed by atoms with Crippen LogP contribution in [0.3, 0.4) is 0 Å². The summed E-state index contributed by atoms with van der Waals surface area (Å²) in [7, 11) is 5.00. The van der Waals surface area contributed by atoms with E-state index >= 15 is 0 Å². The Kier molecular flexibility index (Phi) is 4.41. The quantitative estimate of drug-likeness (QED) is 0.896. The zero-order valence-corrected chi connectivity index (χ0v) is 15.5. The van der Waals surface area contributed by atoms with Crippen LogP contribution >= 0.6 is 0 Å². The standard InChI is InChI=1S/C21H25NO4/c1-24-15-5-4-13-8-18-16-11-21(26-3)20(25-2)9-14(16)6-7-22(18)12-17(13)19(23)10-15/h4-5,9,11,18,23H,6-8,10,12H2,1-3H3. The number of aliphatic hydroxyl groups excluding tert-OH is 1. The van der Waals surface area contributed by atoms with Crippen molar-refractivity contribution < 1.29 is 19.3 Å². The van der Waals surface area contributed by atoms with Crippen LogP contribution < -0.4 is 9.47 Å². The molecule has 1 N–H and O–H groups in total. The summed E-state index contributed by atoms with van der Waals surface area (Å²) in [5.74, 6) is 2.78. The molecule has 0 spiro atoms. The van der Waals surface area contributed by atoms with E-state index in [-0.39, 0.29) is 0 Å². The zero-order chi connectivity index (χ0) is 18.3. The maximum Gasteiger partial charge on any atom is 0.161 e. The normalized spacial score (nSPS) is 22.3. The molecule has 1 aliphatic carbocycles. The van der Waals surface area contributed by atoms with Crippen LogP contribution in [0.1, 0.15) is 30.0 Å². The van der Waals surface area contributed by atoms with Crippen molar-refractivity contribution in [2.75, 3.05) is 34.4 Å². The third-order valence-electron chi connectivity index (χ3n) is 5.70. The average molecular weight is 355 g/mol. The highest BCUT2D eigenvalue weighted by Gasteiger charge is 2.35. The van der Waals surface area contributed by atoms with Crippen LogP contribution in [0.5, 0.6) is 11.5 Å². The molecule has 2 aliphatic heterocycles. The van der Waals surface area contributed by atoms with Crippen LogP contribution in [0, 0.1) is 0 Å². The van der Waals surface area contributed by atoms with Crippen LogP contribution in [0.4, 0.5) is 0 Å². The Labute approximate surface area is 154 Å². The molecule has 5 heteroatoms. The number of methoxy groups -OCH3 is 3. The summed E-state index contributed by atoms with van der Waals surface area (Å²) in [6, 6.07) is 4.52. The van der Waals surface area contributed by atoms with E-state index in [2.05, 4.69) is 23.1 Å². The molecule has 0 saturated carbocycles. The predicted molar refractivity (Wildman–Crippen MR) is 99.6 cm³/mol. The van der Waals surface area contributed by atoms with Gasteiger partial charge in [0.2, 0.25) is 0 Å². The minimum atomic E-state index is 0.291. The van der Waals surface area contributed by atoms with Crippen LogP contribution in [-0.2, 0) is 11.2 Å². The summed E-state index contributed by atoms with van der Waals surface area (Å²) in [5.41, 5.74) is 4.86. The molecule has 1 aromatic carbocycles. The van der Waals surface area contributed by atoms with Crippen molar-refractivity contribution in [3.8, 4) is 11.5 Å². The molecule has 1 aromatic rings. The van der Waals surface area contributed by atoms with Crippen molar-refractivity contribution in [1.82, 2.24) is 4.90 Å². The first-order valence-electron chi connectivity index (χ1n) is 8.98. The Hall–Kier alpha value is -2.40. The van der Waals surface area contributed by atoms with E-state index in [1.165, 1.54) is 16.7 Å². The smallest absolute Gasteiger partial charge is 0.161 e. The van der Waals surface area contributed by atoms with Gasteiger partial charge in [-0.1, -0.05) is 6.08 Å². The first-order valence-corrected chi connectivity index (χ1v) is 8.98. The van der Waals surface area contributed by atoms with Gasteiger partial charge >= 0.3 is 0 Å². The van der Waals surface area contributed by atoms with Gasteiger partial charge in [-0.25, -0.2) is 0 Å². The molecular formula is C21H25NO4. The van der Waals surface area contributed by atoms with Gasteiger partial charge in [0.25, 0.3) is 0 Å². The van der Waals surface area contributed by atoms with Crippen LogP contribution in [0.2, 0.25) is 0 Å². The summed E-state index contributed by atoms with van der Waals surface area (Å²) in [5, 5.41) is 10.6. The Bertz CT molecular complexity index is 822. The summed E-state index contributed by atoms with van der Waals surface area (Å²) in [6.07, 6.45) is 6.39. The highest BCUT2D eigenvalue weighted by atomic mass is 16.5. The molecule has 4 rings (SSSR count). The Morgan fingerprint density at radius 1 is 1.04 bits per heavy atom. The Morgan fingerprint density at radius 2 is 1.81 bits per heavy atom. The summed E-state index contributed by atoms with van der Waals surface area (Å²) < 4.78 is 16.3. The van der Waals surface area contributed by atoms with Gasteiger partial charge in [-0.2, -0.15) is 0 Å². The van der Waals surface area contributed by atoms with Gasteiger partial charge in [-0.15, -0.1) is 0 Å². The number of nitrogens with zero attached hydrogens (tertiary/aromatic N) is 1. The highest BCUT2D eigenvalue weighted by Crippen LogP contribution is 2.45. The third kappa shape index (κ3) is 2.76. The van der Waals surface area contributed by atoms with Crippen LogP contribution in [-0.4, -0.2) is 44.4 Å². The van der Waals surface area contributed by atoms with Gasteiger partial charge in [0.05, 0.1) is 27.8 Å². The predicted octanol–water partition coefficient (Wildman–Crippen LogP) is 3.68. The van der Waals surface area contributed by atoms with E-state index < -0.39 is 0 Å². The number of hydrogen-bond acceptors (Lipinski definition) is 5. The summed E-state index contributed by atoms with van der Waals surface area (Å²) in [4.78, 5) is 2.45. The van der Waals surface area contributed by atoms with Gasteiger partial charge in [-0.3, -0.25) is 4.90 Å². The van der Waals surface area contributed by atoms with Crippen LogP contribution in [0.15, 0.2) is 46.9 Å². The SMILES string of the molecule is COC1=CC=C2CC3c4cc(OC)c(OC)cc4CCN3CC2=C(O)C1. The fraction of sp³-hybridized carbons (Fsp3) is 0.429. The fourth-order valence-electron chi connectivity index (χ4n) is 4.25. The van der Waals surface area contributed by atoms with E-state index in [0.717, 1.165) is 48.8 Å². The van der Waals surface area contributed by atoms with Crippen molar-refractivity contribution in [1.29, 1.82) is 0 Å². The number of aliphatic hydroxyl groups is 1. The minimum Gasteiger partial charge on any atom is -0.511 e. The van der Waals surface area contributed by atoms with Crippen molar-refractivity contribution >= 4 is 0 Å². The molecule has 0 aromatic heterocycles. The maximum atomic E-state index is 10.6. The van der Waals surface area contributed by atoms with Crippen molar-refractivity contribution in [2.24, 2.45) is 0 Å². The van der Waals surface area contributed by atoms with Gasteiger partial charge < -0.3 is 19.3 Å². The molecule has 0 amide bonds.